The smallest absolute Gasteiger partial charge is 0.475 e. The summed E-state index contributed by atoms with van der Waals surface area (Å²) in [4.78, 5) is 24.3. The van der Waals surface area contributed by atoms with Gasteiger partial charge in [0.05, 0.1) is 6.10 Å². The second-order valence-corrected chi connectivity index (χ2v) is 7.48. The molecule has 0 saturated carbocycles. The van der Waals surface area contributed by atoms with E-state index in [-0.39, 0.29) is 12.1 Å². The van der Waals surface area contributed by atoms with Gasteiger partial charge in [-0.05, 0) is 46.9 Å². The topological polar surface area (TPSA) is 111 Å². The minimum absolute atomic E-state index is 0.212. The van der Waals surface area contributed by atoms with Gasteiger partial charge in [-0.25, -0.2) is 9.59 Å². The van der Waals surface area contributed by atoms with Crippen LogP contribution in [0.1, 0.15) is 17.5 Å². The Bertz CT molecular complexity index is 838. The van der Waals surface area contributed by atoms with Crippen molar-refractivity contribution >= 4 is 23.3 Å². The number of halogens is 6. The Morgan fingerprint density at radius 1 is 1.06 bits per heavy atom. The summed E-state index contributed by atoms with van der Waals surface area (Å²) in [5.74, 6) is -5.51. The van der Waals surface area contributed by atoms with Crippen LogP contribution < -0.4 is 0 Å². The number of alkyl halides is 6. The quantitative estimate of drug-likeness (QED) is 0.548. The molecular formula is C19H20F6N2O5S. The zero-order valence-corrected chi connectivity index (χ0v) is 17.6. The first-order valence-corrected chi connectivity index (χ1v) is 10.1. The third-order valence-electron chi connectivity index (χ3n) is 4.24. The molecule has 33 heavy (non-hydrogen) atoms. The highest BCUT2D eigenvalue weighted by atomic mass is 32.1. The van der Waals surface area contributed by atoms with Crippen molar-refractivity contribution in [1.29, 1.82) is 0 Å². The molecule has 0 unspecified atom stereocenters. The van der Waals surface area contributed by atoms with E-state index in [9.17, 15) is 31.4 Å². The SMILES string of the molecule is O=C(O)C(F)(F)F.O=C(O)C(F)(F)F.O[C@@H]1CCN(Cc2ccsc2)[C@H]1Cc1cccnc1. The average molecular weight is 502 g/mol. The molecule has 2 aromatic rings. The maximum atomic E-state index is 10.6. The number of thiophene rings is 1. The molecule has 3 heterocycles. The van der Waals surface area contributed by atoms with E-state index >= 15 is 0 Å². The summed E-state index contributed by atoms with van der Waals surface area (Å²) in [5, 5.41) is 28.7. The molecule has 1 aliphatic heterocycles. The van der Waals surface area contributed by atoms with Gasteiger partial charge in [-0.2, -0.15) is 37.7 Å². The fraction of sp³-hybridized carbons (Fsp3) is 0.421. The van der Waals surface area contributed by atoms with Crippen LogP contribution in [0.25, 0.3) is 0 Å². The van der Waals surface area contributed by atoms with Gasteiger partial charge in [0, 0.05) is 31.5 Å². The summed E-state index contributed by atoms with van der Waals surface area (Å²) >= 11 is 1.73. The van der Waals surface area contributed by atoms with Crippen molar-refractivity contribution in [3.8, 4) is 0 Å². The van der Waals surface area contributed by atoms with Gasteiger partial charge < -0.3 is 15.3 Å². The molecule has 0 aliphatic carbocycles. The number of likely N-dealkylation sites (tertiary alicyclic amines) is 1. The fourth-order valence-corrected chi connectivity index (χ4v) is 3.40. The van der Waals surface area contributed by atoms with E-state index in [1.54, 1.807) is 17.5 Å². The summed E-state index contributed by atoms with van der Waals surface area (Å²) in [7, 11) is 0. The van der Waals surface area contributed by atoms with Crippen LogP contribution in [0.2, 0.25) is 0 Å². The number of aliphatic hydroxyl groups excluding tert-OH is 1. The second-order valence-electron chi connectivity index (χ2n) is 6.70. The molecule has 1 aliphatic rings. The molecule has 0 amide bonds. The highest BCUT2D eigenvalue weighted by molar-refractivity contribution is 7.07. The standard InChI is InChI=1S/C15H18N2OS.2C2HF3O2/c18-15-3-6-17(10-13-4-7-19-11-13)14(15)8-12-2-1-5-16-9-12;2*3-2(4,5)1(6)7/h1-2,4-5,7,9,11,14-15,18H,3,6,8,10H2;2*(H,6,7)/t14-,15+;;/m0../s1. The summed E-state index contributed by atoms with van der Waals surface area (Å²) in [6.45, 7) is 1.91. The Morgan fingerprint density at radius 3 is 2.06 bits per heavy atom. The molecule has 1 saturated heterocycles. The Morgan fingerprint density at radius 2 is 1.64 bits per heavy atom. The minimum Gasteiger partial charge on any atom is -0.475 e. The summed E-state index contributed by atoms with van der Waals surface area (Å²) < 4.78 is 63.5. The number of aromatic nitrogens is 1. The summed E-state index contributed by atoms with van der Waals surface area (Å²) in [6.07, 6.45) is -4.96. The summed E-state index contributed by atoms with van der Waals surface area (Å²) in [5.41, 5.74) is 2.54. The van der Waals surface area contributed by atoms with Crippen LogP contribution in [0.4, 0.5) is 26.3 Å². The highest BCUT2D eigenvalue weighted by Gasteiger charge is 2.39. The van der Waals surface area contributed by atoms with E-state index in [0.717, 1.165) is 25.9 Å². The van der Waals surface area contributed by atoms with E-state index in [1.165, 1.54) is 11.1 Å². The van der Waals surface area contributed by atoms with Crippen molar-refractivity contribution in [2.24, 2.45) is 0 Å². The maximum Gasteiger partial charge on any atom is 0.490 e. The Kier molecular flexibility index (Phi) is 10.7. The molecular weight excluding hydrogens is 482 g/mol. The maximum absolute atomic E-state index is 10.6. The molecule has 0 radical (unpaired) electrons. The van der Waals surface area contributed by atoms with E-state index in [2.05, 4.69) is 32.8 Å². The first-order chi connectivity index (χ1) is 15.2. The number of carbonyl (C=O) groups is 2. The van der Waals surface area contributed by atoms with Gasteiger partial charge in [-0.15, -0.1) is 0 Å². The lowest BCUT2D eigenvalue weighted by Crippen LogP contribution is -2.36. The fourth-order valence-electron chi connectivity index (χ4n) is 2.74. The zero-order valence-electron chi connectivity index (χ0n) is 16.8. The number of nitrogens with zero attached hydrogens (tertiary/aromatic N) is 2. The Hall–Kier alpha value is -2.71. The number of carboxylic acids is 2. The van der Waals surface area contributed by atoms with Crippen LogP contribution in [0.3, 0.4) is 0 Å². The molecule has 0 aromatic carbocycles. The molecule has 3 N–H and O–H groups in total. The first-order valence-electron chi connectivity index (χ1n) is 9.14. The predicted molar refractivity (Wildman–Crippen MR) is 104 cm³/mol. The number of hydrogen-bond acceptors (Lipinski definition) is 6. The number of pyridine rings is 1. The van der Waals surface area contributed by atoms with Gasteiger partial charge in [0.1, 0.15) is 0 Å². The van der Waals surface area contributed by atoms with Crippen molar-refractivity contribution in [3.63, 3.8) is 0 Å². The van der Waals surface area contributed by atoms with Gasteiger partial charge in [0.15, 0.2) is 0 Å². The van der Waals surface area contributed by atoms with Crippen LogP contribution in [0.15, 0.2) is 41.4 Å². The van der Waals surface area contributed by atoms with E-state index in [4.69, 9.17) is 19.8 Å². The van der Waals surface area contributed by atoms with Crippen molar-refractivity contribution in [1.82, 2.24) is 9.88 Å². The number of rotatable bonds is 4. The molecule has 0 bridgehead atoms. The van der Waals surface area contributed by atoms with Crippen LogP contribution in [0, 0.1) is 0 Å². The number of hydrogen-bond donors (Lipinski definition) is 3. The number of carboxylic acid groups (broad SMARTS) is 2. The van der Waals surface area contributed by atoms with Crippen LogP contribution in [-0.4, -0.2) is 68.2 Å². The van der Waals surface area contributed by atoms with Crippen molar-refractivity contribution in [3.05, 3.63) is 52.5 Å². The Labute approximate surface area is 187 Å². The monoisotopic (exact) mass is 502 g/mol. The summed E-state index contributed by atoms with van der Waals surface area (Å²) in [6, 6.07) is 6.42. The molecule has 7 nitrogen and oxygen atoms in total. The molecule has 2 atom stereocenters. The van der Waals surface area contributed by atoms with Crippen LogP contribution >= 0.6 is 11.3 Å². The molecule has 184 valence electrons. The zero-order chi connectivity index (χ0) is 25.2. The van der Waals surface area contributed by atoms with Crippen molar-refractivity contribution in [2.45, 2.75) is 43.9 Å². The van der Waals surface area contributed by atoms with E-state index < -0.39 is 24.3 Å². The minimum atomic E-state index is -5.08. The van der Waals surface area contributed by atoms with Gasteiger partial charge in [-0.3, -0.25) is 9.88 Å². The molecule has 1 fully saturated rings. The normalized spacial score (nSPS) is 18.5. The predicted octanol–water partition coefficient (Wildman–Crippen LogP) is 3.59. The van der Waals surface area contributed by atoms with Gasteiger partial charge in [0.25, 0.3) is 0 Å². The van der Waals surface area contributed by atoms with Crippen molar-refractivity contribution in [2.75, 3.05) is 6.54 Å². The van der Waals surface area contributed by atoms with Crippen molar-refractivity contribution < 1.29 is 51.3 Å². The molecule has 0 spiro atoms. The van der Waals surface area contributed by atoms with Crippen LogP contribution in [-0.2, 0) is 22.6 Å². The lowest BCUT2D eigenvalue weighted by atomic mass is 10.0. The largest absolute Gasteiger partial charge is 0.490 e. The van der Waals surface area contributed by atoms with Gasteiger partial charge in [0.2, 0.25) is 0 Å². The van der Waals surface area contributed by atoms with Gasteiger partial charge >= 0.3 is 24.3 Å². The molecule has 3 rings (SSSR count). The van der Waals surface area contributed by atoms with E-state index in [0.29, 0.717) is 0 Å². The van der Waals surface area contributed by atoms with Gasteiger partial charge in [-0.1, -0.05) is 6.07 Å². The highest BCUT2D eigenvalue weighted by Crippen LogP contribution is 2.24. The average Bonchev–Trinajstić information content (AvgIpc) is 3.34. The lowest BCUT2D eigenvalue weighted by Gasteiger charge is -2.25. The number of aliphatic carboxylic acids is 2. The third-order valence-corrected chi connectivity index (χ3v) is 4.98. The van der Waals surface area contributed by atoms with E-state index in [1.807, 2.05) is 12.3 Å². The Balaban J connectivity index is 0.000000324. The second kappa shape index (κ2) is 12.5. The third kappa shape index (κ3) is 10.6. The lowest BCUT2D eigenvalue weighted by molar-refractivity contribution is -0.193. The molecule has 14 heteroatoms. The first kappa shape index (κ1) is 28.3. The number of aliphatic hydroxyl groups is 1. The molecule has 2 aromatic heterocycles. The van der Waals surface area contributed by atoms with Crippen LogP contribution in [0.5, 0.6) is 0 Å².